The molecule has 2 aromatic rings. The molecular formula is C21H31N5O3S. The standard InChI is InChI=1S/C21H31N5O3S/c1-14-7-11-26(12-8-14)19-16(13-15-5-4-9-21(2,3)18(15)23-19)20(27)25-30(28,29)17-6-10-22-24-17/h6,10,13-14,20,25,27H,4-5,7-9,11-12H2,1-3H3,(H,22,24). The number of aliphatic hydroxyl groups excluding tert-OH is 1. The number of nitrogens with one attached hydrogen (secondary N) is 2. The molecule has 1 unspecified atom stereocenters. The van der Waals surface area contributed by atoms with Crippen molar-refractivity contribution in [2.24, 2.45) is 5.92 Å². The van der Waals surface area contributed by atoms with Crippen LogP contribution in [0.15, 0.2) is 23.4 Å². The van der Waals surface area contributed by atoms with Gasteiger partial charge in [-0.1, -0.05) is 20.8 Å². The maximum Gasteiger partial charge on any atom is 0.259 e. The van der Waals surface area contributed by atoms with E-state index in [0.717, 1.165) is 56.5 Å². The largest absolute Gasteiger partial charge is 0.373 e. The first-order valence-electron chi connectivity index (χ1n) is 10.7. The number of aliphatic hydroxyl groups is 1. The molecule has 30 heavy (non-hydrogen) atoms. The van der Waals surface area contributed by atoms with Gasteiger partial charge in [0.25, 0.3) is 10.0 Å². The van der Waals surface area contributed by atoms with Crippen molar-refractivity contribution < 1.29 is 13.5 Å². The lowest BCUT2D eigenvalue weighted by atomic mass is 9.75. The number of H-pyrrole nitrogens is 1. The summed E-state index contributed by atoms with van der Waals surface area (Å²) < 4.78 is 27.6. The van der Waals surface area contributed by atoms with Crippen LogP contribution < -0.4 is 9.62 Å². The Balaban J connectivity index is 1.73. The fraction of sp³-hybridized carbons (Fsp3) is 0.619. The van der Waals surface area contributed by atoms with Crippen LogP contribution in [-0.4, -0.2) is 41.8 Å². The third kappa shape index (κ3) is 4.10. The van der Waals surface area contributed by atoms with E-state index in [-0.39, 0.29) is 10.4 Å². The maximum atomic E-state index is 12.6. The van der Waals surface area contributed by atoms with E-state index in [9.17, 15) is 13.5 Å². The predicted octanol–water partition coefficient (Wildman–Crippen LogP) is 2.62. The van der Waals surface area contributed by atoms with Crippen LogP contribution in [0.3, 0.4) is 0 Å². The maximum absolute atomic E-state index is 12.6. The molecule has 0 spiro atoms. The number of hydrogen-bond donors (Lipinski definition) is 3. The van der Waals surface area contributed by atoms with Gasteiger partial charge in [0.05, 0.1) is 11.9 Å². The highest BCUT2D eigenvalue weighted by molar-refractivity contribution is 7.89. The van der Waals surface area contributed by atoms with Crippen LogP contribution in [0.4, 0.5) is 5.82 Å². The number of aromatic amines is 1. The molecule has 164 valence electrons. The zero-order valence-electron chi connectivity index (χ0n) is 17.9. The van der Waals surface area contributed by atoms with E-state index in [1.165, 1.54) is 12.3 Å². The molecule has 2 aromatic heterocycles. The molecule has 9 heteroatoms. The van der Waals surface area contributed by atoms with Gasteiger partial charge < -0.3 is 10.0 Å². The first kappa shape index (κ1) is 21.3. The second kappa shape index (κ2) is 7.94. The highest BCUT2D eigenvalue weighted by atomic mass is 32.2. The number of rotatable bonds is 5. The van der Waals surface area contributed by atoms with E-state index in [1.54, 1.807) is 0 Å². The number of piperidine rings is 1. The molecular weight excluding hydrogens is 402 g/mol. The highest BCUT2D eigenvalue weighted by Crippen LogP contribution is 2.39. The van der Waals surface area contributed by atoms with Gasteiger partial charge in [-0.2, -0.15) is 9.82 Å². The van der Waals surface area contributed by atoms with Gasteiger partial charge in [-0.25, -0.2) is 13.4 Å². The summed E-state index contributed by atoms with van der Waals surface area (Å²) in [5.74, 6) is 1.35. The van der Waals surface area contributed by atoms with Gasteiger partial charge in [-0.05, 0) is 55.7 Å². The van der Waals surface area contributed by atoms with Crippen molar-refractivity contribution in [2.75, 3.05) is 18.0 Å². The summed E-state index contributed by atoms with van der Waals surface area (Å²) >= 11 is 0. The Kier molecular flexibility index (Phi) is 5.63. The molecule has 0 aromatic carbocycles. The monoisotopic (exact) mass is 433 g/mol. The Morgan fingerprint density at radius 3 is 2.73 bits per heavy atom. The molecule has 3 N–H and O–H groups in total. The van der Waals surface area contributed by atoms with Gasteiger partial charge in [0.15, 0.2) is 5.03 Å². The summed E-state index contributed by atoms with van der Waals surface area (Å²) in [6.45, 7) is 8.35. The number of nitrogens with zero attached hydrogens (tertiary/aromatic N) is 3. The number of sulfonamides is 1. The van der Waals surface area contributed by atoms with Gasteiger partial charge in [0.1, 0.15) is 12.0 Å². The van der Waals surface area contributed by atoms with Crippen molar-refractivity contribution in [3.63, 3.8) is 0 Å². The molecule has 0 amide bonds. The van der Waals surface area contributed by atoms with E-state index in [1.807, 2.05) is 6.07 Å². The normalized spacial score (nSPS) is 20.7. The fourth-order valence-corrected chi connectivity index (χ4v) is 5.48. The number of hydrogen-bond acceptors (Lipinski definition) is 6. The highest BCUT2D eigenvalue weighted by Gasteiger charge is 2.33. The SMILES string of the molecule is CC1CCN(c2nc3c(cc2C(O)NS(=O)(=O)c2ccn[nH]2)CCCC3(C)C)CC1. The van der Waals surface area contributed by atoms with Gasteiger partial charge >= 0.3 is 0 Å². The first-order valence-corrected chi connectivity index (χ1v) is 12.1. The van der Waals surface area contributed by atoms with Crippen molar-refractivity contribution in [1.82, 2.24) is 19.9 Å². The molecule has 3 heterocycles. The van der Waals surface area contributed by atoms with E-state index < -0.39 is 16.3 Å². The second-order valence-electron chi connectivity index (χ2n) is 9.26. The minimum atomic E-state index is -3.93. The molecule has 1 aliphatic carbocycles. The van der Waals surface area contributed by atoms with Crippen LogP contribution in [0.1, 0.15) is 69.5 Å². The number of aryl methyl sites for hydroxylation is 1. The average molecular weight is 434 g/mol. The van der Waals surface area contributed by atoms with Gasteiger partial charge in [-0.3, -0.25) is 5.10 Å². The Morgan fingerprint density at radius 1 is 1.33 bits per heavy atom. The molecule has 0 bridgehead atoms. The number of anilines is 1. The van der Waals surface area contributed by atoms with Crippen LogP contribution in [0.5, 0.6) is 0 Å². The molecule has 1 fully saturated rings. The van der Waals surface area contributed by atoms with Crippen LogP contribution >= 0.6 is 0 Å². The zero-order chi connectivity index (χ0) is 21.5. The number of pyridine rings is 1. The van der Waals surface area contributed by atoms with Gasteiger partial charge in [-0.15, -0.1) is 0 Å². The molecule has 2 aliphatic rings. The quantitative estimate of drug-likeness (QED) is 0.625. The Bertz CT molecular complexity index is 996. The lowest BCUT2D eigenvalue weighted by Crippen LogP contribution is -2.37. The summed E-state index contributed by atoms with van der Waals surface area (Å²) in [6, 6.07) is 3.31. The Hall–Kier alpha value is -1.97. The molecule has 1 atom stereocenters. The van der Waals surface area contributed by atoms with Crippen LogP contribution in [-0.2, 0) is 21.9 Å². The zero-order valence-corrected chi connectivity index (χ0v) is 18.7. The molecule has 1 saturated heterocycles. The van der Waals surface area contributed by atoms with Crippen molar-refractivity contribution in [2.45, 2.75) is 69.5 Å². The van der Waals surface area contributed by atoms with Gasteiger partial charge in [0.2, 0.25) is 0 Å². The van der Waals surface area contributed by atoms with Crippen molar-refractivity contribution in [1.29, 1.82) is 0 Å². The van der Waals surface area contributed by atoms with E-state index in [2.05, 4.69) is 40.6 Å². The van der Waals surface area contributed by atoms with E-state index >= 15 is 0 Å². The fourth-order valence-electron chi connectivity index (χ4n) is 4.52. The van der Waals surface area contributed by atoms with Crippen LogP contribution in [0.25, 0.3) is 0 Å². The first-order chi connectivity index (χ1) is 14.2. The summed E-state index contributed by atoms with van der Waals surface area (Å²) in [5.41, 5.74) is 2.64. The smallest absolute Gasteiger partial charge is 0.259 e. The minimum absolute atomic E-state index is 0.0374. The molecule has 4 rings (SSSR count). The minimum Gasteiger partial charge on any atom is -0.373 e. The van der Waals surface area contributed by atoms with Crippen LogP contribution in [0, 0.1) is 5.92 Å². The van der Waals surface area contributed by atoms with Crippen molar-refractivity contribution in [3.8, 4) is 0 Å². The Labute approximate surface area is 178 Å². The van der Waals surface area contributed by atoms with E-state index in [4.69, 9.17) is 4.98 Å². The second-order valence-corrected chi connectivity index (χ2v) is 10.9. The number of fused-ring (bicyclic) bond motifs is 1. The van der Waals surface area contributed by atoms with Crippen LogP contribution in [0.2, 0.25) is 0 Å². The van der Waals surface area contributed by atoms with Crippen molar-refractivity contribution in [3.05, 3.63) is 35.2 Å². The molecule has 0 radical (unpaired) electrons. The third-order valence-electron chi connectivity index (χ3n) is 6.41. The molecule has 0 saturated carbocycles. The van der Waals surface area contributed by atoms with Gasteiger partial charge in [0, 0.05) is 24.1 Å². The lowest BCUT2D eigenvalue weighted by molar-refractivity contribution is 0.165. The summed E-state index contributed by atoms with van der Waals surface area (Å²) in [6.07, 6.45) is 5.08. The third-order valence-corrected chi connectivity index (χ3v) is 7.75. The van der Waals surface area contributed by atoms with E-state index in [0.29, 0.717) is 17.3 Å². The number of aromatic nitrogens is 3. The van der Waals surface area contributed by atoms with Crippen molar-refractivity contribution >= 4 is 15.8 Å². The summed E-state index contributed by atoms with van der Waals surface area (Å²) in [5, 5.41) is 17.0. The summed E-state index contributed by atoms with van der Waals surface area (Å²) in [7, 11) is -3.93. The molecule has 1 aliphatic heterocycles. The lowest BCUT2D eigenvalue weighted by Gasteiger charge is -2.37. The Morgan fingerprint density at radius 2 is 2.07 bits per heavy atom. The molecule has 8 nitrogen and oxygen atoms in total. The predicted molar refractivity (Wildman–Crippen MR) is 115 cm³/mol. The topological polar surface area (TPSA) is 111 Å². The average Bonchev–Trinajstić information content (AvgIpc) is 3.23. The summed E-state index contributed by atoms with van der Waals surface area (Å²) in [4.78, 5) is 7.23.